The van der Waals surface area contributed by atoms with Gasteiger partial charge in [-0.15, -0.1) is 0 Å². The zero-order valence-corrected chi connectivity index (χ0v) is 12.2. The van der Waals surface area contributed by atoms with E-state index in [0.29, 0.717) is 45.0 Å². The minimum atomic E-state index is -3.09. The van der Waals surface area contributed by atoms with E-state index in [1.807, 2.05) is 0 Å². The minimum absolute atomic E-state index is 0.232. The Hall–Kier alpha value is -1.38. The van der Waals surface area contributed by atoms with Crippen LogP contribution >= 0.6 is 0 Å². The van der Waals surface area contributed by atoms with Gasteiger partial charge in [0.05, 0.1) is 12.5 Å². The van der Waals surface area contributed by atoms with Gasteiger partial charge in [-0.2, -0.15) is 4.31 Å². The molecule has 0 aromatic carbocycles. The number of amides is 1. The second-order valence-corrected chi connectivity index (χ2v) is 6.72. The van der Waals surface area contributed by atoms with E-state index >= 15 is 0 Å². The number of piperazine rings is 1. The molecule has 0 bridgehead atoms. The van der Waals surface area contributed by atoms with Gasteiger partial charge in [0.25, 0.3) is 5.91 Å². The van der Waals surface area contributed by atoms with Crippen LogP contribution in [0.2, 0.25) is 0 Å². The van der Waals surface area contributed by atoms with Gasteiger partial charge in [0.1, 0.15) is 0 Å². The first kappa shape index (κ1) is 15.0. The molecule has 1 fully saturated rings. The molecule has 7 nitrogen and oxygen atoms in total. The van der Waals surface area contributed by atoms with Crippen molar-refractivity contribution >= 4 is 15.9 Å². The monoisotopic (exact) mass is 301 g/mol. The molecule has 0 aliphatic carbocycles. The molecule has 1 aliphatic rings. The Morgan fingerprint density at radius 3 is 2.60 bits per heavy atom. The molecule has 1 aromatic rings. The van der Waals surface area contributed by atoms with Crippen molar-refractivity contribution in [3.8, 4) is 0 Å². The summed E-state index contributed by atoms with van der Waals surface area (Å²) in [5, 5.41) is 2.77. The quantitative estimate of drug-likeness (QED) is 0.799. The number of nitrogens with one attached hydrogen (secondary N) is 1. The number of carbonyl (C=O) groups is 1. The van der Waals surface area contributed by atoms with Gasteiger partial charge in [-0.25, -0.2) is 8.42 Å². The summed E-state index contributed by atoms with van der Waals surface area (Å²) in [6, 6.07) is 3.28. The Bertz CT molecular complexity index is 533. The number of sulfonamides is 1. The largest absolute Gasteiger partial charge is 0.459 e. The molecular formula is C12H19N3O4S. The summed E-state index contributed by atoms with van der Waals surface area (Å²) >= 11 is 0. The summed E-state index contributed by atoms with van der Waals surface area (Å²) in [5.41, 5.74) is 0. The van der Waals surface area contributed by atoms with Crippen LogP contribution < -0.4 is 5.32 Å². The zero-order chi connectivity index (χ0) is 14.6. The summed E-state index contributed by atoms with van der Waals surface area (Å²) in [5.74, 6) is 0.0664. The van der Waals surface area contributed by atoms with Crippen molar-refractivity contribution < 1.29 is 17.6 Å². The fraction of sp³-hybridized carbons (Fsp3) is 0.583. The molecule has 0 unspecified atom stereocenters. The predicted molar refractivity (Wildman–Crippen MR) is 73.9 cm³/mol. The molecule has 2 rings (SSSR count). The van der Waals surface area contributed by atoms with Crippen molar-refractivity contribution in [3.05, 3.63) is 24.2 Å². The molecule has 8 heteroatoms. The molecule has 20 heavy (non-hydrogen) atoms. The number of nitrogens with zero attached hydrogens (tertiary/aromatic N) is 2. The maximum absolute atomic E-state index is 11.6. The first-order valence-corrected chi connectivity index (χ1v) is 8.31. The standard InChI is InChI=1S/C12H19N3O4S/c1-20(17,18)15-8-6-14(7-9-15)5-4-13-12(16)11-3-2-10-19-11/h2-3,10H,4-9H2,1H3,(H,13,16). The van der Waals surface area contributed by atoms with Crippen molar-refractivity contribution in [3.63, 3.8) is 0 Å². The predicted octanol–water partition coefficient (Wildman–Crippen LogP) is -0.413. The van der Waals surface area contributed by atoms with E-state index in [2.05, 4.69) is 10.2 Å². The van der Waals surface area contributed by atoms with Crippen LogP contribution in [0.4, 0.5) is 0 Å². The van der Waals surface area contributed by atoms with Gasteiger partial charge in [-0.05, 0) is 12.1 Å². The summed E-state index contributed by atoms with van der Waals surface area (Å²) in [6.07, 6.45) is 2.69. The van der Waals surface area contributed by atoms with E-state index in [9.17, 15) is 13.2 Å². The number of rotatable bonds is 5. The van der Waals surface area contributed by atoms with Gasteiger partial charge in [-0.3, -0.25) is 9.69 Å². The molecule has 2 heterocycles. The molecule has 1 aromatic heterocycles. The highest BCUT2D eigenvalue weighted by Gasteiger charge is 2.23. The average Bonchev–Trinajstić information content (AvgIpc) is 2.92. The normalized spacial score (nSPS) is 18.1. The van der Waals surface area contributed by atoms with E-state index in [4.69, 9.17) is 4.42 Å². The molecule has 1 aliphatic heterocycles. The number of hydrogen-bond donors (Lipinski definition) is 1. The maximum Gasteiger partial charge on any atom is 0.287 e. The minimum Gasteiger partial charge on any atom is -0.459 e. The van der Waals surface area contributed by atoms with E-state index in [-0.39, 0.29) is 5.91 Å². The summed E-state index contributed by atoms with van der Waals surface area (Å²) in [7, 11) is -3.09. The maximum atomic E-state index is 11.6. The Balaban J connectivity index is 1.68. The van der Waals surface area contributed by atoms with E-state index in [1.165, 1.54) is 16.8 Å². The van der Waals surface area contributed by atoms with Gasteiger partial charge in [0.15, 0.2) is 5.76 Å². The highest BCUT2D eigenvalue weighted by Crippen LogP contribution is 2.05. The van der Waals surface area contributed by atoms with Gasteiger partial charge >= 0.3 is 0 Å². The topological polar surface area (TPSA) is 82.9 Å². The second kappa shape index (κ2) is 6.38. The lowest BCUT2D eigenvalue weighted by atomic mass is 10.3. The number of furan rings is 1. The van der Waals surface area contributed by atoms with Gasteiger partial charge in [-0.1, -0.05) is 0 Å². The van der Waals surface area contributed by atoms with Crippen molar-refractivity contribution in [2.75, 3.05) is 45.5 Å². The van der Waals surface area contributed by atoms with Gasteiger partial charge in [0, 0.05) is 39.3 Å². The van der Waals surface area contributed by atoms with Gasteiger partial charge < -0.3 is 9.73 Å². The highest BCUT2D eigenvalue weighted by atomic mass is 32.2. The lowest BCUT2D eigenvalue weighted by Crippen LogP contribution is -2.49. The molecule has 0 atom stereocenters. The Morgan fingerprint density at radius 1 is 1.35 bits per heavy atom. The van der Waals surface area contributed by atoms with Crippen LogP contribution in [0.1, 0.15) is 10.6 Å². The third kappa shape index (κ3) is 4.06. The van der Waals surface area contributed by atoms with Crippen molar-refractivity contribution in [1.29, 1.82) is 0 Å². The lowest BCUT2D eigenvalue weighted by molar-refractivity contribution is 0.0917. The van der Waals surface area contributed by atoms with E-state index in [0.717, 1.165) is 0 Å². The van der Waals surface area contributed by atoms with Crippen LogP contribution in [0, 0.1) is 0 Å². The molecule has 1 amide bonds. The first-order chi connectivity index (χ1) is 9.47. The highest BCUT2D eigenvalue weighted by molar-refractivity contribution is 7.88. The van der Waals surface area contributed by atoms with E-state index < -0.39 is 10.0 Å². The Morgan fingerprint density at radius 2 is 2.05 bits per heavy atom. The van der Waals surface area contributed by atoms with Crippen LogP contribution in [-0.4, -0.2) is 69.1 Å². The van der Waals surface area contributed by atoms with Crippen molar-refractivity contribution in [2.45, 2.75) is 0 Å². The summed E-state index contributed by atoms with van der Waals surface area (Å²) in [4.78, 5) is 13.7. The molecule has 1 N–H and O–H groups in total. The SMILES string of the molecule is CS(=O)(=O)N1CCN(CCNC(=O)c2ccco2)CC1. The lowest BCUT2D eigenvalue weighted by Gasteiger charge is -2.33. The molecular weight excluding hydrogens is 282 g/mol. The zero-order valence-electron chi connectivity index (χ0n) is 11.4. The third-order valence-corrected chi connectivity index (χ3v) is 4.56. The van der Waals surface area contributed by atoms with Gasteiger partial charge in [0.2, 0.25) is 10.0 Å². The molecule has 0 saturated carbocycles. The summed E-state index contributed by atoms with van der Waals surface area (Å²) < 4.78 is 29.2. The molecule has 112 valence electrons. The molecule has 1 saturated heterocycles. The average molecular weight is 301 g/mol. The van der Waals surface area contributed by atoms with Crippen LogP contribution in [-0.2, 0) is 10.0 Å². The van der Waals surface area contributed by atoms with Crippen LogP contribution in [0.25, 0.3) is 0 Å². The van der Waals surface area contributed by atoms with Crippen LogP contribution in [0.5, 0.6) is 0 Å². The smallest absolute Gasteiger partial charge is 0.287 e. The second-order valence-electron chi connectivity index (χ2n) is 4.74. The Kier molecular flexibility index (Phi) is 4.79. The van der Waals surface area contributed by atoms with Crippen LogP contribution in [0.15, 0.2) is 22.8 Å². The van der Waals surface area contributed by atoms with Crippen LogP contribution in [0.3, 0.4) is 0 Å². The molecule has 0 radical (unpaired) electrons. The first-order valence-electron chi connectivity index (χ1n) is 6.46. The summed E-state index contributed by atoms with van der Waals surface area (Å²) in [6.45, 7) is 3.59. The van der Waals surface area contributed by atoms with Crippen molar-refractivity contribution in [1.82, 2.24) is 14.5 Å². The number of hydrogen-bond acceptors (Lipinski definition) is 5. The van der Waals surface area contributed by atoms with Crippen molar-refractivity contribution in [2.24, 2.45) is 0 Å². The fourth-order valence-corrected chi connectivity index (χ4v) is 2.93. The fourth-order valence-electron chi connectivity index (χ4n) is 2.11. The molecule has 0 spiro atoms. The third-order valence-electron chi connectivity index (χ3n) is 3.26. The Labute approximate surface area is 118 Å². The van der Waals surface area contributed by atoms with E-state index in [1.54, 1.807) is 12.1 Å². The number of carbonyl (C=O) groups excluding carboxylic acids is 1.